The molecule has 4 nitrogen and oxygen atoms in total. The first-order valence-electron chi connectivity index (χ1n) is 4.30. The molecule has 0 fully saturated rings. The summed E-state index contributed by atoms with van der Waals surface area (Å²) in [5.41, 5.74) is 0.704. The minimum absolute atomic E-state index is 0.116. The summed E-state index contributed by atoms with van der Waals surface area (Å²) in [6.07, 6.45) is -0.832. The predicted molar refractivity (Wildman–Crippen MR) is 53.1 cm³/mol. The van der Waals surface area contributed by atoms with Gasteiger partial charge in [0.2, 0.25) is 5.91 Å². The Morgan fingerprint density at radius 3 is 2.43 bits per heavy atom. The maximum atomic E-state index is 10.7. The second kappa shape index (κ2) is 4.62. The molecule has 1 aromatic carbocycles. The first kappa shape index (κ1) is 10.5. The number of aliphatic hydroxyl groups is 1. The van der Waals surface area contributed by atoms with Gasteiger partial charge in [0.1, 0.15) is 5.75 Å². The Hall–Kier alpha value is -1.55. The number of carbonyl (C=O) groups excluding carboxylic acids is 1. The first-order valence-corrected chi connectivity index (χ1v) is 4.30. The van der Waals surface area contributed by atoms with E-state index >= 15 is 0 Å². The summed E-state index contributed by atoms with van der Waals surface area (Å²) in [4.78, 5) is 10.7. The zero-order valence-corrected chi connectivity index (χ0v) is 8.15. The summed E-state index contributed by atoms with van der Waals surface area (Å²) < 4.78 is 5.02. The molecule has 0 aliphatic heterocycles. The third-order valence-corrected chi connectivity index (χ3v) is 1.48. The van der Waals surface area contributed by atoms with Gasteiger partial charge in [0.25, 0.3) is 0 Å². The van der Waals surface area contributed by atoms with Crippen LogP contribution >= 0.6 is 0 Å². The molecule has 2 N–H and O–H groups in total. The topological polar surface area (TPSA) is 58.6 Å². The zero-order chi connectivity index (χ0) is 10.6. The van der Waals surface area contributed by atoms with Crippen LogP contribution in [0.3, 0.4) is 0 Å². The summed E-state index contributed by atoms with van der Waals surface area (Å²) in [7, 11) is 0. The van der Waals surface area contributed by atoms with Crippen LogP contribution in [-0.2, 0) is 4.79 Å². The predicted octanol–water partition coefficient (Wildman–Crippen LogP) is 1.36. The van der Waals surface area contributed by atoms with E-state index in [0.29, 0.717) is 11.4 Å². The third kappa shape index (κ3) is 3.45. The fraction of sp³-hybridized carbons (Fsp3) is 0.300. The quantitative estimate of drug-likeness (QED) is 0.716. The van der Waals surface area contributed by atoms with E-state index in [-0.39, 0.29) is 5.91 Å². The number of hydrogen-bond donors (Lipinski definition) is 2. The van der Waals surface area contributed by atoms with Gasteiger partial charge in [0, 0.05) is 12.6 Å². The Balaban J connectivity index is 2.63. The zero-order valence-electron chi connectivity index (χ0n) is 8.15. The second-order valence-corrected chi connectivity index (χ2v) is 2.92. The van der Waals surface area contributed by atoms with Crippen LogP contribution in [0.25, 0.3) is 0 Å². The minimum atomic E-state index is -0.832. The molecule has 1 amide bonds. The van der Waals surface area contributed by atoms with Crippen LogP contribution in [0.5, 0.6) is 5.75 Å². The largest absolute Gasteiger partial charge is 0.465 e. The van der Waals surface area contributed by atoms with Crippen molar-refractivity contribution in [2.75, 3.05) is 5.32 Å². The van der Waals surface area contributed by atoms with E-state index < -0.39 is 6.29 Å². The van der Waals surface area contributed by atoms with Gasteiger partial charge in [-0.05, 0) is 31.2 Å². The molecule has 76 valence electrons. The van der Waals surface area contributed by atoms with Gasteiger partial charge in [-0.3, -0.25) is 4.79 Å². The minimum Gasteiger partial charge on any atom is -0.465 e. The highest BCUT2D eigenvalue weighted by molar-refractivity contribution is 5.88. The molecule has 1 unspecified atom stereocenters. The van der Waals surface area contributed by atoms with E-state index in [1.807, 2.05) is 0 Å². The lowest BCUT2D eigenvalue weighted by molar-refractivity contribution is -0.114. The second-order valence-electron chi connectivity index (χ2n) is 2.92. The molecule has 1 atom stereocenters. The van der Waals surface area contributed by atoms with Gasteiger partial charge >= 0.3 is 0 Å². The molecule has 0 radical (unpaired) electrons. The van der Waals surface area contributed by atoms with E-state index in [0.717, 1.165) is 0 Å². The van der Waals surface area contributed by atoms with Crippen molar-refractivity contribution in [1.29, 1.82) is 0 Å². The van der Waals surface area contributed by atoms with E-state index in [1.54, 1.807) is 24.3 Å². The third-order valence-electron chi connectivity index (χ3n) is 1.48. The van der Waals surface area contributed by atoms with Crippen LogP contribution in [0.2, 0.25) is 0 Å². The maximum absolute atomic E-state index is 10.7. The van der Waals surface area contributed by atoms with Crippen molar-refractivity contribution in [1.82, 2.24) is 0 Å². The number of nitrogens with one attached hydrogen (secondary N) is 1. The Morgan fingerprint density at radius 1 is 1.43 bits per heavy atom. The number of rotatable bonds is 3. The molecule has 0 spiro atoms. The number of ether oxygens (including phenoxy) is 1. The van der Waals surface area contributed by atoms with Crippen LogP contribution < -0.4 is 10.1 Å². The van der Waals surface area contributed by atoms with Crippen molar-refractivity contribution >= 4 is 11.6 Å². The first-order chi connectivity index (χ1) is 6.58. The van der Waals surface area contributed by atoms with Gasteiger partial charge in [-0.2, -0.15) is 0 Å². The monoisotopic (exact) mass is 195 g/mol. The van der Waals surface area contributed by atoms with Crippen molar-refractivity contribution < 1.29 is 14.6 Å². The fourth-order valence-electron chi connectivity index (χ4n) is 1.02. The van der Waals surface area contributed by atoms with Crippen molar-refractivity contribution in [3.8, 4) is 5.75 Å². The highest BCUT2D eigenvalue weighted by atomic mass is 16.6. The number of carbonyl (C=O) groups is 1. The summed E-state index contributed by atoms with van der Waals surface area (Å²) in [6.45, 7) is 2.97. The number of benzene rings is 1. The standard InChI is InChI=1S/C10H13NO3/c1-7(12)11-9-3-5-10(6-4-9)14-8(2)13/h3-6,8,13H,1-2H3,(H,11,12). The summed E-state index contributed by atoms with van der Waals surface area (Å²) in [6, 6.07) is 6.77. The molecule has 0 aromatic heterocycles. The highest BCUT2D eigenvalue weighted by Gasteiger charge is 1.99. The Bertz CT molecular complexity index is 306. The van der Waals surface area contributed by atoms with Gasteiger partial charge in [0.15, 0.2) is 6.29 Å². The molecule has 0 bridgehead atoms. The molecular weight excluding hydrogens is 182 g/mol. The molecular formula is C10H13NO3. The lowest BCUT2D eigenvalue weighted by atomic mass is 10.3. The number of aliphatic hydroxyl groups excluding tert-OH is 1. The average Bonchev–Trinajstić information content (AvgIpc) is 2.06. The van der Waals surface area contributed by atoms with Crippen LogP contribution in [0.15, 0.2) is 24.3 Å². The lowest BCUT2D eigenvalue weighted by Gasteiger charge is -2.09. The van der Waals surface area contributed by atoms with E-state index in [4.69, 9.17) is 9.84 Å². The average molecular weight is 195 g/mol. The maximum Gasteiger partial charge on any atom is 0.221 e. The molecule has 0 saturated carbocycles. The smallest absolute Gasteiger partial charge is 0.221 e. The van der Waals surface area contributed by atoms with E-state index in [9.17, 15) is 4.79 Å². The van der Waals surface area contributed by atoms with Crippen molar-refractivity contribution in [3.05, 3.63) is 24.3 Å². The normalized spacial score (nSPS) is 11.9. The Labute approximate surface area is 82.5 Å². The number of anilines is 1. The van der Waals surface area contributed by atoms with Gasteiger partial charge in [-0.15, -0.1) is 0 Å². The lowest BCUT2D eigenvalue weighted by Crippen LogP contribution is -2.09. The fourth-order valence-corrected chi connectivity index (χ4v) is 1.02. The molecule has 0 saturated heterocycles. The van der Waals surface area contributed by atoms with Crippen molar-refractivity contribution in [2.45, 2.75) is 20.1 Å². The molecule has 0 aliphatic rings. The van der Waals surface area contributed by atoms with Crippen LogP contribution in [-0.4, -0.2) is 17.3 Å². The van der Waals surface area contributed by atoms with Gasteiger partial charge in [0.05, 0.1) is 0 Å². The Morgan fingerprint density at radius 2 is 2.00 bits per heavy atom. The number of amides is 1. The Kier molecular flexibility index (Phi) is 3.48. The summed E-state index contributed by atoms with van der Waals surface area (Å²) in [5.74, 6) is 0.447. The van der Waals surface area contributed by atoms with E-state index in [2.05, 4.69) is 5.32 Å². The molecule has 14 heavy (non-hydrogen) atoms. The van der Waals surface area contributed by atoms with Crippen molar-refractivity contribution in [3.63, 3.8) is 0 Å². The van der Waals surface area contributed by atoms with Crippen LogP contribution in [0, 0.1) is 0 Å². The molecule has 0 heterocycles. The molecule has 1 aromatic rings. The molecule has 0 aliphatic carbocycles. The number of hydrogen-bond acceptors (Lipinski definition) is 3. The van der Waals surface area contributed by atoms with Crippen LogP contribution in [0.4, 0.5) is 5.69 Å². The highest BCUT2D eigenvalue weighted by Crippen LogP contribution is 2.16. The van der Waals surface area contributed by atoms with Crippen molar-refractivity contribution in [2.24, 2.45) is 0 Å². The van der Waals surface area contributed by atoms with Gasteiger partial charge < -0.3 is 15.2 Å². The van der Waals surface area contributed by atoms with Gasteiger partial charge in [-0.25, -0.2) is 0 Å². The molecule has 4 heteroatoms. The van der Waals surface area contributed by atoms with Gasteiger partial charge in [-0.1, -0.05) is 0 Å². The van der Waals surface area contributed by atoms with E-state index in [1.165, 1.54) is 13.8 Å². The SMILES string of the molecule is CC(=O)Nc1ccc(OC(C)O)cc1. The summed E-state index contributed by atoms with van der Waals surface area (Å²) >= 11 is 0. The summed E-state index contributed by atoms with van der Waals surface area (Å²) in [5, 5.41) is 11.6. The molecule has 1 rings (SSSR count). The van der Waals surface area contributed by atoms with Crippen LogP contribution in [0.1, 0.15) is 13.8 Å².